The maximum absolute atomic E-state index is 10.4. The molecule has 1 aliphatic rings. The van der Waals surface area contributed by atoms with Gasteiger partial charge in [0.15, 0.2) is 5.82 Å². The summed E-state index contributed by atoms with van der Waals surface area (Å²) < 4.78 is 0. The number of likely N-dealkylation sites (tertiary alicyclic amines) is 1. The molecule has 0 aliphatic carbocycles. The molecule has 2 N–H and O–H groups in total. The highest BCUT2D eigenvalue weighted by Gasteiger charge is 2.20. The number of benzene rings is 2. The fourth-order valence-corrected chi connectivity index (χ4v) is 3.89. The number of phenolic OH excluding ortho intramolecular Hbond substituents is 1. The second kappa shape index (κ2) is 7.16. The van der Waals surface area contributed by atoms with Gasteiger partial charge in [-0.15, -0.1) is 10.2 Å². The number of anilines is 1. The monoisotopic (exact) mass is 362 g/mol. The number of rotatable bonds is 3. The molecule has 5 heteroatoms. The molecule has 1 atom stereocenters. The van der Waals surface area contributed by atoms with E-state index in [1.165, 1.54) is 12.0 Å². The van der Waals surface area contributed by atoms with Gasteiger partial charge in [-0.3, -0.25) is 0 Å². The van der Waals surface area contributed by atoms with Crippen LogP contribution in [0.3, 0.4) is 0 Å². The predicted octanol–water partition coefficient (Wildman–Crippen LogP) is 4.13. The number of hydrogen-bond acceptors (Lipinski definition) is 5. The van der Waals surface area contributed by atoms with Crippen molar-refractivity contribution < 1.29 is 5.11 Å². The van der Waals surface area contributed by atoms with Crippen LogP contribution in [0.25, 0.3) is 22.0 Å². The molecule has 0 radical (unpaired) electrons. The first-order chi connectivity index (χ1) is 13.0. The third kappa shape index (κ3) is 3.60. The van der Waals surface area contributed by atoms with Crippen molar-refractivity contribution in [3.05, 3.63) is 47.5 Å². The molecule has 1 aromatic heterocycles. The van der Waals surface area contributed by atoms with Crippen LogP contribution in [0.15, 0.2) is 36.4 Å². The molecular weight excluding hydrogens is 336 g/mol. The zero-order valence-electron chi connectivity index (χ0n) is 16.2. The highest BCUT2D eigenvalue weighted by atomic mass is 16.3. The minimum absolute atomic E-state index is 0.237. The zero-order valence-corrected chi connectivity index (χ0v) is 16.2. The Morgan fingerprint density at radius 3 is 2.59 bits per heavy atom. The lowest BCUT2D eigenvalue weighted by molar-refractivity contribution is 0.261. The molecule has 0 amide bonds. The Labute approximate surface area is 160 Å². The summed E-state index contributed by atoms with van der Waals surface area (Å²) in [5.74, 6) is 1.06. The topological polar surface area (TPSA) is 61.3 Å². The van der Waals surface area contributed by atoms with Crippen molar-refractivity contribution in [1.29, 1.82) is 0 Å². The fraction of sp³-hybridized carbons (Fsp3) is 0.364. The number of likely N-dealkylation sites (N-methyl/N-ethyl adjacent to an activating group) is 1. The van der Waals surface area contributed by atoms with Crippen LogP contribution in [0.5, 0.6) is 5.75 Å². The van der Waals surface area contributed by atoms with Crippen LogP contribution < -0.4 is 5.32 Å². The second-order valence-corrected chi connectivity index (χ2v) is 7.71. The van der Waals surface area contributed by atoms with Gasteiger partial charge in [0.05, 0.1) is 0 Å². The number of hydrogen-bond donors (Lipinski definition) is 2. The molecule has 2 aromatic carbocycles. The Hall–Kier alpha value is -2.66. The van der Waals surface area contributed by atoms with E-state index < -0.39 is 0 Å². The molecule has 3 aromatic rings. The van der Waals surface area contributed by atoms with Crippen LogP contribution in [0.1, 0.15) is 24.0 Å². The van der Waals surface area contributed by atoms with E-state index in [-0.39, 0.29) is 5.75 Å². The predicted molar refractivity (Wildman–Crippen MR) is 110 cm³/mol. The molecule has 1 aliphatic heterocycles. The largest absolute Gasteiger partial charge is 0.507 e. The number of phenols is 1. The Morgan fingerprint density at radius 1 is 1.04 bits per heavy atom. The standard InChI is InChI=1S/C22H26N4O/c1-14-6-8-17-19(11-14)22(23-16-5-4-10-26(3)13-16)25-24-21(17)18-9-7-15(2)12-20(18)27/h6-9,11-12,16,27H,4-5,10,13H2,1-3H3,(H,23,25). The first-order valence-electron chi connectivity index (χ1n) is 9.53. The smallest absolute Gasteiger partial charge is 0.156 e. The second-order valence-electron chi connectivity index (χ2n) is 7.71. The van der Waals surface area contributed by atoms with Crippen molar-refractivity contribution >= 4 is 16.6 Å². The van der Waals surface area contributed by atoms with Gasteiger partial charge in [0.2, 0.25) is 0 Å². The summed E-state index contributed by atoms with van der Waals surface area (Å²) in [6.45, 7) is 6.21. The van der Waals surface area contributed by atoms with E-state index in [2.05, 4.69) is 52.6 Å². The number of aromatic hydroxyl groups is 1. The SMILES string of the molecule is Cc1ccc(-c2nnc(NC3CCCN(C)C3)c3cc(C)ccc23)c(O)c1. The molecule has 0 bridgehead atoms. The lowest BCUT2D eigenvalue weighted by Crippen LogP contribution is -2.40. The summed E-state index contributed by atoms with van der Waals surface area (Å²) in [5.41, 5.74) is 3.63. The van der Waals surface area contributed by atoms with Gasteiger partial charge in [-0.1, -0.05) is 23.8 Å². The van der Waals surface area contributed by atoms with Gasteiger partial charge < -0.3 is 15.3 Å². The van der Waals surface area contributed by atoms with Crippen molar-refractivity contribution in [2.75, 3.05) is 25.5 Å². The summed E-state index contributed by atoms with van der Waals surface area (Å²) in [6.07, 6.45) is 2.33. The van der Waals surface area contributed by atoms with E-state index in [0.29, 0.717) is 17.3 Å². The summed E-state index contributed by atoms with van der Waals surface area (Å²) in [6, 6.07) is 12.3. The number of nitrogens with zero attached hydrogens (tertiary/aromatic N) is 3. The van der Waals surface area contributed by atoms with Crippen LogP contribution in [0.2, 0.25) is 0 Å². The highest BCUT2D eigenvalue weighted by molar-refractivity contribution is 6.01. The Morgan fingerprint density at radius 2 is 1.81 bits per heavy atom. The Bertz CT molecular complexity index is 985. The molecular formula is C22H26N4O. The van der Waals surface area contributed by atoms with E-state index >= 15 is 0 Å². The maximum atomic E-state index is 10.4. The lowest BCUT2D eigenvalue weighted by atomic mass is 10.0. The molecule has 1 fully saturated rings. The van der Waals surface area contributed by atoms with E-state index in [9.17, 15) is 5.11 Å². The molecule has 4 rings (SSSR count). The van der Waals surface area contributed by atoms with E-state index in [4.69, 9.17) is 0 Å². The van der Waals surface area contributed by atoms with Gasteiger partial charge in [0.25, 0.3) is 0 Å². The lowest BCUT2D eigenvalue weighted by Gasteiger charge is -2.30. The zero-order chi connectivity index (χ0) is 19.0. The quantitative estimate of drug-likeness (QED) is 0.734. The normalized spacial score (nSPS) is 18.0. The minimum Gasteiger partial charge on any atom is -0.507 e. The summed E-state index contributed by atoms with van der Waals surface area (Å²) in [5, 5.41) is 25.1. The van der Waals surface area contributed by atoms with Crippen LogP contribution in [-0.2, 0) is 0 Å². The Balaban J connectivity index is 1.79. The van der Waals surface area contributed by atoms with Crippen LogP contribution in [-0.4, -0.2) is 46.4 Å². The van der Waals surface area contributed by atoms with Crippen molar-refractivity contribution in [2.24, 2.45) is 0 Å². The third-order valence-corrected chi connectivity index (χ3v) is 5.31. The molecule has 2 heterocycles. The van der Waals surface area contributed by atoms with Crippen LogP contribution in [0.4, 0.5) is 5.82 Å². The summed E-state index contributed by atoms with van der Waals surface area (Å²) in [7, 11) is 2.16. The molecule has 5 nitrogen and oxygen atoms in total. The highest BCUT2D eigenvalue weighted by Crippen LogP contribution is 2.35. The molecule has 140 valence electrons. The molecule has 0 saturated carbocycles. The number of nitrogens with one attached hydrogen (secondary N) is 1. The molecule has 0 spiro atoms. The average Bonchev–Trinajstić information content (AvgIpc) is 2.63. The van der Waals surface area contributed by atoms with Gasteiger partial charge in [-0.2, -0.15) is 0 Å². The number of aryl methyl sites for hydroxylation is 2. The van der Waals surface area contributed by atoms with Crippen molar-refractivity contribution in [1.82, 2.24) is 15.1 Å². The van der Waals surface area contributed by atoms with Gasteiger partial charge >= 0.3 is 0 Å². The number of fused-ring (bicyclic) bond motifs is 1. The van der Waals surface area contributed by atoms with Gasteiger partial charge in [-0.25, -0.2) is 0 Å². The summed E-state index contributed by atoms with van der Waals surface area (Å²) in [4.78, 5) is 2.35. The van der Waals surface area contributed by atoms with Gasteiger partial charge in [0, 0.05) is 28.9 Å². The number of piperidine rings is 1. The van der Waals surface area contributed by atoms with Crippen LogP contribution in [0, 0.1) is 13.8 Å². The molecule has 1 unspecified atom stereocenters. The number of aromatic nitrogens is 2. The first-order valence-corrected chi connectivity index (χ1v) is 9.53. The van der Waals surface area contributed by atoms with Crippen molar-refractivity contribution in [3.63, 3.8) is 0 Å². The Kier molecular flexibility index (Phi) is 4.70. The fourth-order valence-electron chi connectivity index (χ4n) is 3.89. The first kappa shape index (κ1) is 17.7. The minimum atomic E-state index is 0.237. The van der Waals surface area contributed by atoms with Gasteiger partial charge in [0.1, 0.15) is 11.4 Å². The summed E-state index contributed by atoms with van der Waals surface area (Å²) >= 11 is 0. The van der Waals surface area contributed by atoms with Crippen molar-refractivity contribution in [3.8, 4) is 17.0 Å². The van der Waals surface area contributed by atoms with Crippen molar-refractivity contribution in [2.45, 2.75) is 32.7 Å². The average molecular weight is 362 g/mol. The maximum Gasteiger partial charge on any atom is 0.156 e. The van der Waals surface area contributed by atoms with Crippen LogP contribution >= 0.6 is 0 Å². The van der Waals surface area contributed by atoms with Gasteiger partial charge in [-0.05, 0) is 64.0 Å². The van der Waals surface area contributed by atoms with E-state index in [1.807, 2.05) is 19.1 Å². The molecule has 27 heavy (non-hydrogen) atoms. The molecule has 1 saturated heterocycles. The van der Waals surface area contributed by atoms with E-state index in [0.717, 1.165) is 41.7 Å². The van der Waals surface area contributed by atoms with E-state index in [1.54, 1.807) is 6.07 Å². The third-order valence-electron chi connectivity index (χ3n) is 5.31.